The van der Waals surface area contributed by atoms with Crippen LogP contribution in [0.5, 0.6) is 0 Å². The predicted octanol–water partition coefficient (Wildman–Crippen LogP) is 4.27. The van der Waals surface area contributed by atoms with Gasteiger partial charge in [-0.2, -0.15) is 0 Å². The number of hydrogen-bond acceptors (Lipinski definition) is 2. The van der Waals surface area contributed by atoms with Crippen LogP contribution in [0, 0.1) is 5.92 Å². The monoisotopic (exact) mass is 290 g/mol. The van der Waals surface area contributed by atoms with Crippen molar-refractivity contribution in [1.29, 1.82) is 0 Å². The van der Waals surface area contributed by atoms with E-state index in [-0.39, 0.29) is 0 Å². The van der Waals surface area contributed by atoms with Gasteiger partial charge < -0.3 is 5.32 Å². The molecule has 21 heavy (non-hydrogen) atoms. The normalized spacial score (nSPS) is 13.1. The number of nitrogens with zero attached hydrogens (tertiary/aromatic N) is 1. The van der Waals surface area contributed by atoms with Crippen molar-refractivity contribution in [3.8, 4) is 0 Å². The van der Waals surface area contributed by atoms with E-state index in [2.05, 4.69) is 69.1 Å². The Morgan fingerprint density at radius 2 is 1.67 bits per heavy atom. The van der Waals surface area contributed by atoms with Gasteiger partial charge in [0, 0.05) is 13.1 Å². The first-order valence-corrected chi connectivity index (χ1v) is 8.58. The van der Waals surface area contributed by atoms with Gasteiger partial charge in [0.25, 0.3) is 0 Å². The van der Waals surface area contributed by atoms with Gasteiger partial charge in [0.15, 0.2) is 0 Å². The van der Waals surface area contributed by atoms with Crippen molar-refractivity contribution in [2.24, 2.45) is 5.92 Å². The Bertz CT molecular complexity index is 370. The first kappa shape index (κ1) is 18.2. The summed E-state index contributed by atoms with van der Waals surface area (Å²) in [4.78, 5) is 2.50. The summed E-state index contributed by atoms with van der Waals surface area (Å²) in [6.45, 7) is 16.9. The van der Waals surface area contributed by atoms with Gasteiger partial charge in [-0.3, -0.25) is 4.90 Å². The molecular formula is C19H34N2. The van der Waals surface area contributed by atoms with Crippen LogP contribution in [0.1, 0.15) is 58.1 Å². The van der Waals surface area contributed by atoms with Crippen LogP contribution in [0.4, 0.5) is 0 Å². The van der Waals surface area contributed by atoms with Gasteiger partial charge in [-0.05, 0) is 49.0 Å². The lowest BCUT2D eigenvalue weighted by atomic mass is 9.99. The predicted molar refractivity (Wildman–Crippen MR) is 93.8 cm³/mol. The summed E-state index contributed by atoms with van der Waals surface area (Å²) in [5, 5.41) is 3.55. The molecule has 1 rings (SSSR count). The molecule has 0 amide bonds. The zero-order valence-electron chi connectivity index (χ0n) is 14.7. The number of benzene rings is 1. The van der Waals surface area contributed by atoms with Gasteiger partial charge in [-0.15, -0.1) is 0 Å². The van der Waals surface area contributed by atoms with Crippen molar-refractivity contribution in [2.45, 2.75) is 53.5 Å². The molecule has 2 nitrogen and oxygen atoms in total. The molecule has 0 bridgehead atoms. The summed E-state index contributed by atoms with van der Waals surface area (Å²) >= 11 is 0. The maximum Gasteiger partial charge on any atom is 0.0233 e. The molecule has 0 aliphatic carbocycles. The lowest BCUT2D eigenvalue weighted by Crippen LogP contribution is -2.24. The van der Waals surface area contributed by atoms with Crippen molar-refractivity contribution < 1.29 is 0 Å². The molecule has 0 aliphatic rings. The highest BCUT2D eigenvalue weighted by Gasteiger charge is 2.07. The molecule has 0 aliphatic heterocycles. The van der Waals surface area contributed by atoms with E-state index in [1.807, 2.05) is 0 Å². The average Bonchev–Trinajstić information content (AvgIpc) is 2.47. The van der Waals surface area contributed by atoms with Gasteiger partial charge in [0.1, 0.15) is 0 Å². The van der Waals surface area contributed by atoms with Gasteiger partial charge in [0.2, 0.25) is 0 Å². The Kier molecular flexibility index (Phi) is 8.63. The van der Waals surface area contributed by atoms with Crippen molar-refractivity contribution in [3.63, 3.8) is 0 Å². The lowest BCUT2D eigenvalue weighted by Gasteiger charge is -2.20. The smallest absolute Gasteiger partial charge is 0.0233 e. The molecule has 0 heterocycles. The van der Waals surface area contributed by atoms with Gasteiger partial charge >= 0.3 is 0 Å². The summed E-state index contributed by atoms with van der Waals surface area (Å²) in [5.41, 5.74) is 2.87. The number of nitrogens with one attached hydrogen (secondary N) is 1. The van der Waals surface area contributed by atoms with Crippen LogP contribution in [0.15, 0.2) is 24.3 Å². The molecule has 1 aromatic rings. The van der Waals surface area contributed by atoms with Crippen molar-refractivity contribution >= 4 is 0 Å². The first-order valence-electron chi connectivity index (χ1n) is 8.58. The average molecular weight is 290 g/mol. The van der Waals surface area contributed by atoms with E-state index in [9.17, 15) is 0 Å². The first-order chi connectivity index (χ1) is 10.1. The van der Waals surface area contributed by atoms with Crippen molar-refractivity contribution in [3.05, 3.63) is 35.4 Å². The van der Waals surface area contributed by atoms with Crippen LogP contribution in [-0.4, -0.2) is 31.1 Å². The van der Waals surface area contributed by atoms with E-state index in [1.165, 1.54) is 24.1 Å². The van der Waals surface area contributed by atoms with E-state index in [1.54, 1.807) is 0 Å². The second-order valence-electron chi connectivity index (χ2n) is 6.56. The number of rotatable bonds is 10. The second-order valence-corrected chi connectivity index (χ2v) is 6.56. The molecular weight excluding hydrogens is 256 g/mol. The molecule has 1 atom stereocenters. The summed E-state index contributed by atoms with van der Waals surface area (Å²) in [6.07, 6.45) is 1.23. The van der Waals surface area contributed by atoms with Gasteiger partial charge in [-0.1, -0.05) is 58.9 Å². The Labute approximate surface area is 131 Å². The molecule has 0 fully saturated rings. The maximum absolute atomic E-state index is 3.55. The molecule has 0 spiro atoms. The lowest BCUT2D eigenvalue weighted by molar-refractivity contribution is 0.280. The molecule has 0 saturated carbocycles. The number of hydrogen-bond donors (Lipinski definition) is 1. The third-order valence-corrected chi connectivity index (χ3v) is 3.95. The summed E-state index contributed by atoms with van der Waals surface area (Å²) < 4.78 is 0. The zero-order chi connectivity index (χ0) is 15.7. The minimum Gasteiger partial charge on any atom is -0.316 e. The molecule has 0 radical (unpaired) electrons. The van der Waals surface area contributed by atoms with Gasteiger partial charge in [0.05, 0.1) is 0 Å². The third-order valence-electron chi connectivity index (χ3n) is 3.95. The highest BCUT2D eigenvalue weighted by atomic mass is 15.1. The summed E-state index contributed by atoms with van der Waals surface area (Å²) in [6, 6.07) is 9.20. The Balaban J connectivity index is 2.48. The van der Waals surface area contributed by atoms with E-state index in [4.69, 9.17) is 0 Å². The largest absolute Gasteiger partial charge is 0.316 e. The third kappa shape index (κ3) is 7.10. The van der Waals surface area contributed by atoms with Gasteiger partial charge in [-0.25, -0.2) is 0 Å². The zero-order valence-corrected chi connectivity index (χ0v) is 14.7. The fourth-order valence-electron chi connectivity index (χ4n) is 2.58. The quantitative estimate of drug-likeness (QED) is 0.692. The summed E-state index contributed by atoms with van der Waals surface area (Å²) in [5.74, 6) is 1.30. The van der Waals surface area contributed by atoms with Crippen LogP contribution in [0.3, 0.4) is 0 Å². The highest BCUT2D eigenvalue weighted by molar-refractivity contribution is 5.25. The molecule has 2 heteroatoms. The van der Waals surface area contributed by atoms with E-state index in [0.29, 0.717) is 5.92 Å². The van der Waals surface area contributed by atoms with Crippen LogP contribution in [0.25, 0.3) is 0 Å². The Morgan fingerprint density at radius 1 is 1.00 bits per heavy atom. The van der Waals surface area contributed by atoms with E-state index >= 15 is 0 Å². The van der Waals surface area contributed by atoms with E-state index < -0.39 is 0 Å². The Hall–Kier alpha value is -0.860. The van der Waals surface area contributed by atoms with Crippen molar-refractivity contribution in [2.75, 3.05) is 26.2 Å². The maximum atomic E-state index is 3.55. The molecule has 0 aromatic heterocycles. The topological polar surface area (TPSA) is 15.3 Å². The SMILES string of the molecule is CCCN(CC)Cc1ccc(C(C)CNCC(C)C)cc1. The van der Waals surface area contributed by atoms with Crippen LogP contribution >= 0.6 is 0 Å². The molecule has 0 saturated heterocycles. The molecule has 1 aromatic carbocycles. The molecule has 1 unspecified atom stereocenters. The van der Waals surface area contributed by atoms with Crippen LogP contribution in [-0.2, 0) is 6.54 Å². The van der Waals surface area contributed by atoms with Crippen LogP contribution < -0.4 is 5.32 Å². The molecule has 120 valence electrons. The van der Waals surface area contributed by atoms with Crippen LogP contribution in [0.2, 0.25) is 0 Å². The second kappa shape index (κ2) is 9.97. The standard InChI is InChI=1S/C19H34N2/c1-6-12-21(7-2)15-18-8-10-19(11-9-18)17(5)14-20-13-16(3)4/h8-11,16-17,20H,6-7,12-15H2,1-5H3. The molecule has 1 N–H and O–H groups in total. The fourth-order valence-corrected chi connectivity index (χ4v) is 2.58. The summed E-state index contributed by atoms with van der Waals surface area (Å²) in [7, 11) is 0. The highest BCUT2D eigenvalue weighted by Crippen LogP contribution is 2.16. The van der Waals surface area contributed by atoms with Crippen molar-refractivity contribution in [1.82, 2.24) is 10.2 Å². The minimum atomic E-state index is 0.579. The Morgan fingerprint density at radius 3 is 2.19 bits per heavy atom. The minimum absolute atomic E-state index is 0.579. The fraction of sp³-hybridized carbons (Fsp3) is 0.684. The van der Waals surface area contributed by atoms with E-state index in [0.717, 1.165) is 32.1 Å².